The minimum absolute atomic E-state index is 0.258. The first kappa shape index (κ1) is 13.5. The molecular formula is C14H14BClN2O. The van der Waals surface area contributed by atoms with Crippen molar-refractivity contribution in [3.8, 4) is 0 Å². The molecule has 96 valence electrons. The second-order valence-corrected chi connectivity index (χ2v) is 4.88. The quantitative estimate of drug-likeness (QED) is 0.646. The summed E-state index contributed by atoms with van der Waals surface area (Å²) in [5.74, 6) is -0.258. The fourth-order valence-corrected chi connectivity index (χ4v) is 2.00. The lowest BCUT2D eigenvalue weighted by molar-refractivity contribution is 0.102. The first-order chi connectivity index (χ1) is 8.99. The molecule has 0 heterocycles. The van der Waals surface area contributed by atoms with Crippen molar-refractivity contribution in [3.63, 3.8) is 0 Å². The van der Waals surface area contributed by atoms with E-state index in [-0.39, 0.29) is 5.91 Å². The van der Waals surface area contributed by atoms with E-state index in [0.717, 1.165) is 11.0 Å². The Hall–Kier alpha value is -1.94. The summed E-state index contributed by atoms with van der Waals surface area (Å²) >= 11 is 6.04. The molecule has 0 atom stereocenters. The summed E-state index contributed by atoms with van der Waals surface area (Å²) in [6, 6.07) is 10.8. The maximum atomic E-state index is 12.2. The van der Waals surface area contributed by atoms with E-state index in [1.165, 1.54) is 0 Å². The van der Waals surface area contributed by atoms with Gasteiger partial charge in [-0.15, -0.1) is 0 Å². The Kier molecular flexibility index (Phi) is 3.81. The molecule has 19 heavy (non-hydrogen) atoms. The van der Waals surface area contributed by atoms with Crippen LogP contribution in [-0.4, -0.2) is 13.8 Å². The van der Waals surface area contributed by atoms with Crippen LogP contribution in [0.3, 0.4) is 0 Å². The molecule has 3 N–H and O–H groups in total. The summed E-state index contributed by atoms with van der Waals surface area (Å²) in [6.45, 7) is 1.89. The second-order valence-electron chi connectivity index (χ2n) is 4.47. The molecule has 0 saturated carbocycles. The summed E-state index contributed by atoms with van der Waals surface area (Å²) < 4.78 is 0. The SMILES string of the molecule is Bc1ccc(Cl)c(C(=O)Nc2cccc(C)c2N)c1. The third kappa shape index (κ3) is 2.91. The molecule has 0 unspecified atom stereocenters. The number of carbonyl (C=O) groups excluding carboxylic acids is 1. The van der Waals surface area contributed by atoms with Gasteiger partial charge in [0, 0.05) is 0 Å². The number of carbonyl (C=O) groups is 1. The Bertz CT molecular complexity index is 643. The lowest BCUT2D eigenvalue weighted by Gasteiger charge is -2.11. The van der Waals surface area contributed by atoms with E-state index in [1.807, 2.05) is 33.0 Å². The van der Waals surface area contributed by atoms with Gasteiger partial charge in [-0.1, -0.05) is 41.3 Å². The van der Waals surface area contributed by atoms with E-state index in [2.05, 4.69) is 5.32 Å². The van der Waals surface area contributed by atoms with Crippen LogP contribution in [0, 0.1) is 6.92 Å². The van der Waals surface area contributed by atoms with Crippen molar-refractivity contribution in [1.82, 2.24) is 0 Å². The number of nitrogens with one attached hydrogen (secondary N) is 1. The Morgan fingerprint density at radius 1 is 1.32 bits per heavy atom. The molecule has 2 aromatic carbocycles. The number of aryl methyl sites for hydroxylation is 1. The largest absolute Gasteiger partial charge is 0.397 e. The van der Waals surface area contributed by atoms with E-state index < -0.39 is 0 Å². The number of halogens is 1. The van der Waals surface area contributed by atoms with Crippen LogP contribution < -0.4 is 16.5 Å². The number of nitrogens with two attached hydrogens (primary N) is 1. The molecule has 5 heteroatoms. The summed E-state index contributed by atoms with van der Waals surface area (Å²) in [6.07, 6.45) is 0. The van der Waals surface area contributed by atoms with Crippen molar-refractivity contribution in [2.45, 2.75) is 6.92 Å². The highest BCUT2D eigenvalue weighted by molar-refractivity contribution is 6.37. The van der Waals surface area contributed by atoms with Gasteiger partial charge in [0.25, 0.3) is 5.91 Å². The molecule has 0 spiro atoms. The van der Waals surface area contributed by atoms with Gasteiger partial charge in [0.2, 0.25) is 0 Å². The third-order valence-corrected chi connectivity index (χ3v) is 3.27. The van der Waals surface area contributed by atoms with Crippen LogP contribution in [0.4, 0.5) is 11.4 Å². The average Bonchev–Trinajstić information content (AvgIpc) is 2.38. The lowest BCUT2D eigenvalue weighted by atomic mass is 9.94. The molecule has 0 aliphatic rings. The van der Waals surface area contributed by atoms with Crippen LogP contribution in [0.15, 0.2) is 36.4 Å². The van der Waals surface area contributed by atoms with E-state index in [1.54, 1.807) is 18.2 Å². The number of hydrogen-bond acceptors (Lipinski definition) is 2. The standard InChI is InChI=1S/C14H14BClN2O/c1-8-3-2-4-12(13(8)17)18-14(19)10-7-9(15)5-6-11(10)16/h2-7H,15,17H2,1H3,(H,18,19). The highest BCUT2D eigenvalue weighted by Gasteiger charge is 2.12. The number of para-hydroxylation sites is 1. The molecular weight excluding hydrogens is 258 g/mol. The number of benzene rings is 2. The molecule has 0 aliphatic carbocycles. The molecule has 0 radical (unpaired) electrons. The monoisotopic (exact) mass is 272 g/mol. The molecule has 2 rings (SSSR count). The van der Waals surface area contributed by atoms with E-state index >= 15 is 0 Å². The van der Waals surface area contributed by atoms with Gasteiger partial charge in [-0.25, -0.2) is 0 Å². The van der Waals surface area contributed by atoms with Gasteiger partial charge in [0.05, 0.1) is 22.0 Å². The van der Waals surface area contributed by atoms with Crippen molar-refractivity contribution >= 4 is 42.2 Å². The number of anilines is 2. The van der Waals surface area contributed by atoms with Crippen LogP contribution in [0.1, 0.15) is 15.9 Å². The zero-order valence-electron chi connectivity index (χ0n) is 10.8. The molecule has 3 nitrogen and oxygen atoms in total. The van der Waals surface area contributed by atoms with Gasteiger partial charge < -0.3 is 11.1 Å². The molecule has 0 bridgehead atoms. The fourth-order valence-electron chi connectivity index (χ4n) is 1.79. The van der Waals surface area contributed by atoms with Gasteiger partial charge in [0.15, 0.2) is 0 Å². The van der Waals surface area contributed by atoms with Crippen LogP contribution in [0.5, 0.6) is 0 Å². The summed E-state index contributed by atoms with van der Waals surface area (Å²) in [5, 5.41) is 3.21. The van der Waals surface area contributed by atoms with E-state index in [9.17, 15) is 4.79 Å². The predicted molar refractivity (Wildman–Crippen MR) is 83.2 cm³/mol. The highest BCUT2D eigenvalue weighted by atomic mass is 35.5. The van der Waals surface area contributed by atoms with Gasteiger partial charge in [-0.3, -0.25) is 4.79 Å². The Labute approximate surface area is 118 Å². The summed E-state index contributed by atoms with van der Waals surface area (Å²) in [7, 11) is 1.91. The predicted octanol–water partition coefficient (Wildman–Crippen LogP) is 1.74. The fraction of sp³-hybridized carbons (Fsp3) is 0.0714. The van der Waals surface area contributed by atoms with E-state index in [0.29, 0.717) is 22.0 Å². The van der Waals surface area contributed by atoms with Crippen LogP contribution >= 0.6 is 11.6 Å². The average molecular weight is 273 g/mol. The van der Waals surface area contributed by atoms with Crippen molar-refractivity contribution in [3.05, 3.63) is 52.5 Å². The third-order valence-electron chi connectivity index (χ3n) is 2.94. The lowest BCUT2D eigenvalue weighted by Crippen LogP contribution is -2.16. The smallest absolute Gasteiger partial charge is 0.257 e. The number of hydrogen-bond donors (Lipinski definition) is 2. The molecule has 1 amide bonds. The first-order valence-corrected chi connectivity index (χ1v) is 6.29. The topological polar surface area (TPSA) is 55.1 Å². The molecule has 0 aliphatic heterocycles. The normalized spacial score (nSPS) is 10.2. The van der Waals surface area contributed by atoms with Gasteiger partial charge in [0.1, 0.15) is 7.85 Å². The molecule has 0 saturated heterocycles. The van der Waals surface area contributed by atoms with Gasteiger partial charge >= 0.3 is 0 Å². The van der Waals surface area contributed by atoms with Crippen molar-refractivity contribution in [1.29, 1.82) is 0 Å². The van der Waals surface area contributed by atoms with Gasteiger partial charge in [-0.05, 0) is 24.6 Å². The first-order valence-electron chi connectivity index (χ1n) is 5.91. The van der Waals surface area contributed by atoms with Crippen molar-refractivity contribution in [2.24, 2.45) is 0 Å². The number of rotatable bonds is 2. The van der Waals surface area contributed by atoms with Crippen LogP contribution in [-0.2, 0) is 0 Å². The summed E-state index contributed by atoms with van der Waals surface area (Å²) in [4.78, 5) is 12.2. The van der Waals surface area contributed by atoms with Crippen molar-refractivity contribution < 1.29 is 4.79 Å². The summed E-state index contributed by atoms with van der Waals surface area (Å²) in [5.41, 5.74) is 9.45. The Morgan fingerprint density at radius 3 is 2.79 bits per heavy atom. The highest BCUT2D eigenvalue weighted by Crippen LogP contribution is 2.23. The zero-order chi connectivity index (χ0) is 14.0. The van der Waals surface area contributed by atoms with E-state index in [4.69, 9.17) is 17.3 Å². The minimum atomic E-state index is -0.258. The molecule has 0 fully saturated rings. The van der Waals surface area contributed by atoms with Crippen molar-refractivity contribution in [2.75, 3.05) is 11.1 Å². The number of nitrogen functional groups attached to an aromatic ring is 1. The Morgan fingerprint density at radius 2 is 2.05 bits per heavy atom. The maximum Gasteiger partial charge on any atom is 0.257 e. The van der Waals surface area contributed by atoms with Crippen LogP contribution in [0.25, 0.3) is 0 Å². The van der Waals surface area contributed by atoms with Crippen LogP contribution in [0.2, 0.25) is 5.02 Å². The minimum Gasteiger partial charge on any atom is -0.397 e. The zero-order valence-corrected chi connectivity index (χ0v) is 11.6. The Balaban J connectivity index is 2.31. The second kappa shape index (κ2) is 5.37. The molecule has 2 aromatic rings. The number of amides is 1. The van der Waals surface area contributed by atoms with Gasteiger partial charge in [-0.2, -0.15) is 0 Å². The molecule has 0 aromatic heterocycles. The maximum absolute atomic E-state index is 12.2.